The van der Waals surface area contributed by atoms with E-state index in [4.69, 9.17) is 5.73 Å². The Labute approximate surface area is 74.2 Å². The lowest BCUT2D eigenvalue weighted by Crippen LogP contribution is -2.10. The molecule has 3 nitrogen and oxygen atoms in total. The number of nitrogen functional groups attached to an aromatic ring is 1. The van der Waals surface area contributed by atoms with Crippen molar-refractivity contribution in [3.63, 3.8) is 0 Å². The smallest absolute Gasteiger partial charge is 0.374 e. The molecule has 12 heavy (non-hydrogen) atoms. The maximum atomic E-state index is 11.7. The molecule has 0 aliphatic carbocycles. The predicted octanol–water partition coefficient (Wildman–Crippen LogP) is 1.77. The number of nitrogens with two attached hydrogens (primary N) is 1. The maximum Gasteiger partial charge on any atom is 0.398 e. The van der Waals surface area contributed by atoms with Crippen molar-refractivity contribution in [2.45, 2.75) is 10.5 Å². The van der Waals surface area contributed by atoms with Crippen molar-refractivity contribution in [2.75, 3.05) is 11.5 Å². The van der Waals surface area contributed by atoms with Gasteiger partial charge in [-0.2, -0.15) is 13.2 Å². The van der Waals surface area contributed by atoms with E-state index in [-0.39, 0.29) is 9.47 Å². The first kappa shape index (κ1) is 9.59. The zero-order valence-corrected chi connectivity index (χ0v) is 7.26. The van der Waals surface area contributed by atoms with Gasteiger partial charge in [0, 0.05) is 0 Å². The molecule has 0 unspecified atom stereocenters. The van der Waals surface area contributed by atoms with Gasteiger partial charge in [0.1, 0.15) is 0 Å². The average Bonchev–Trinajstić information content (AvgIpc) is 2.30. The highest BCUT2D eigenvalue weighted by Crippen LogP contribution is 2.29. The number of anilines is 1. The molecular formula is C4H4F3N3S2. The fraction of sp³-hybridized carbons (Fsp3) is 0.500. The lowest BCUT2D eigenvalue weighted by molar-refractivity contribution is -0.105. The van der Waals surface area contributed by atoms with Gasteiger partial charge in [0.05, 0.1) is 5.75 Å². The molecule has 0 saturated heterocycles. The number of rotatable bonds is 2. The van der Waals surface area contributed by atoms with Crippen molar-refractivity contribution < 1.29 is 13.2 Å². The molecule has 0 amide bonds. The van der Waals surface area contributed by atoms with Gasteiger partial charge < -0.3 is 5.73 Å². The van der Waals surface area contributed by atoms with Crippen LogP contribution >= 0.6 is 23.1 Å². The van der Waals surface area contributed by atoms with E-state index in [9.17, 15) is 13.2 Å². The van der Waals surface area contributed by atoms with Gasteiger partial charge in [-0.1, -0.05) is 23.1 Å². The minimum absolute atomic E-state index is 0.180. The molecule has 68 valence electrons. The van der Waals surface area contributed by atoms with Crippen molar-refractivity contribution >= 4 is 28.2 Å². The minimum Gasteiger partial charge on any atom is -0.374 e. The Morgan fingerprint density at radius 2 is 2.08 bits per heavy atom. The lowest BCUT2D eigenvalue weighted by atomic mass is 10.8. The maximum absolute atomic E-state index is 11.7. The SMILES string of the molecule is Nc1nnc(SCC(F)(F)F)s1. The Bertz CT molecular complexity index is 258. The van der Waals surface area contributed by atoms with Crippen LogP contribution in [0.5, 0.6) is 0 Å². The van der Waals surface area contributed by atoms with Crippen LogP contribution in [0.4, 0.5) is 18.3 Å². The minimum atomic E-state index is -4.18. The van der Waals surface area contributed by atoms with E-state index in [1.54, 1.807) is 0 Å². The summed E-state index contributed by atoms with van der Waals surface area (Å²) < 4.78 is 35.2. The summed E-state index contributed by atoms with van der Waals surface area (Å²) in [5.41, 5.74) is 5.17. The highest BCUT2D eigenvalue weighted by Gasteiger charge is 2.27. The van der Waals surface area contributed by atoms with E-state index < -0.39 is 11.9 Å². The van der Waals surface area contributed by atoms with Crippen LogP contribution in [0.1, 0.15) is 0 Å². The first-order chi connectivity index (χ1) is 5.47. The Morgan fingerprint density at radius 3 is 2.50 bits per heavy atom. The summed E-state index contributed by atoms with van der Waals surface area (Å²) in [6.45, 7) is 0. The second kappa shape index (κ2) is 3.48. The Balaban J connectivity index is 2.44. The largest absolute Gasteiger partial charge is 0.398 e. The molecule has 1 heterocycles. The second-order valence-corrected chi connectivity index (χ2v) is 4.04. The van der Waals surface area contributed by atoms with Gasteiger partial charge in [-0.25, -0.2) is 0 Å². The van der Waals surface area contributed by atoms with Crippen molar-refractivity contribution in [3.8, 4) is 0 Å². The molecule has 0 aromatic carbocycles. The van der Waals surface area contributed by atoms with Gasteiger partial charge in [-0.05, 0) is 0 Å². The summed E-state index contributed by atoms with van der Waals surface area (Å²) in [6.07, 6.45) is -4.18. The number of hydrogen-bond acceptors (Lipinski definition) is 5. The summed E-state index contributed by atoms with van der Waals surface area (Å²) in [5.74, 6) is -0.957. The molecule has 8 heteroatoms. The Hall–Kier alpha value is -0.500. The van der Waals surface area contributed by atoms with E-state index >= 15 is 0 Å². The van der Waals surface area contributed by atoms with Crippen LogP contribution in [-0.2, 0) is 0 Å². The van der Waals surface area contributed by atoms with Crippen LogP contribution in [0.25, 0.3) is 0 Å². The van der Waals surface area contributed by atoms with Crippen molar-refractivity contribution in [2.24, 2.45) is 0 Å². The van der Waals surface area contributed by atoms with E-state index in [1.807, 2.05) is 0 Å². The molecule has 0 aliphatic heterocycles. The number of alkyl halides is 3. The van der Waals surface area contributed by atoms with Gasteiger partial charge in [-0.15, -0.1) is 10.2 Å². The quantitative estimate of drug-likeness (QED) is 0.764. The fourth-order valence-corrected chi connectivity index (χ4v) is 1.82. The molecule has 2 N–H and O–H groups in total. The van der Waals surface area contributed by atoms with Gasteiger partial charge >= 0.3 is 6.18 Å². The summed E-state index contributed by atoms with van der Waals surface area (Å²) >= 11 is 1.54. The molecule has 0 atom stereocenters. The first-order valence-electron chi connectivity index (χ1n) is 2.76. The fourth-order valence-electron chi connectivity index (χ4n) is 0.422. The number of nitrogens with zero attached hydrogens (tertiary/aromatic N) is 2. The number of hydrogen-bond donors (Lipinski definition) is 1. The zero-order valence-electron chi connectivity index (χ0n) is 5.63. The monoisotopic (exact) mass is 215 g/mol. The van der Waals surface area contributed by atoms with E-state index in [0.717, 1.165) is 11.3 Å². The lowest BCUT2D eigenvalue weighted by Gasteiger charge is -2.01. The van der Waals surface area contributed by atoms with Crippen LogP contribution in [0, 0.1) is 0 Å². The third-order valence-electron chi connectivity index (χ3n) is 0.781. The molecule has 1 aromatic heterocycles. The van der Waals surface area contributed by atoms with Crippen LogP contribution in [0.3, 0.4) is 0 Å². The topological polar surface area (TPSA) is 51.8 Å². The first-order valence-corrected chi connectivity index (χ1v) is 4.56. The molecule has 0 fully saturated rings. The van der Waals surface area contributed by atoms with Gasteiger partial charge in [-0.3, -0.25) is 0 Å². The third kappa shape index (κ3) is 3.26. The summed E-state index contributed by atoms with van der Waals surface area (Å²) in [5, 5.41) is 6.98. The van der Waals surface area contributed by atoms with Crippen LogP contribution in [0.2, 0.25) is 0 Å². The standard InChI is InChI=1S/C4H4F3N3S2/c5-4(6,7)1-11-3-10-9-2(8)12-3/h1H2,(H2,8,9). The molecule has 1 rings (SSSR count). The summed E-state index contributed by atoms with van der Waals surface area (Å²) in [4.78, 5) is 0. The molecule has 0 aliphatic rings. The van der Waals surface area contributed by atoms with E-state index in [2.05, 4.69) is 10.2 Å². The highest BCUT2D eigenvalue weighted by atomic mass is 32.2. The molecule has 0 bridgehead atoms. The molecule has 0 spiro atoms. The number of aromatic nitrogens is 2. The summed E-state index contributed by atoms with van der Waals surface area (Å²) in [6, 6.07) is 0. The van der Waals surface area contributed by atoms with Crippen molar-refractivity contribution in [1.29, 1.82) is 0 Å². The summed E-state index contributed by atoms with van der Waals surface area (Å²) in [7, 11) is 0. The number of thioether (sulfide) groups is 1. The Kier molecular flexibility index (Phi) is 2.78. The van der Waals surface area contributed by atoms with Crippen LogP contribution in [-0.4, -0.2) is 22.1 Å². The molecule has 1 aromatic rings. The van der Waals surface area contributed by atoms with Crippen molar-refractivity contribution in [3.05, 3.63) is 0 Å². The second-order valence-electron chi connectivity index (χ2n) is 1.81. The highest BCUT2D eigenvalue weighted by molar-refractivity contribution is 8.01. The van der Waals surface area contributed by atoms with Crippen LogP contribution in [0.15, 0.2) is 4.34 Å². The van der Waals surface area contributed by atoms with E-state index in [1.165, 1.54) is 0 Å². The predicted molar refractivity (Wildman–Crippen MR) is 41.1 cm³/mol. The van der Waals surface area contributed by atoms with Gasteiger partial charge in [0.15, 0.2) is 4.34 Å². The molecule has 0 saturated carbocycles. The normalized spacial score (nSPS) is 11.9. The number of halogens is 3. The van der Waals surface area contributed by atoms with Gasteiger partial charge in [0.25, 0.3) is 0 Å². The zero-order chi connectivity index (χ0) is 9.19. The molecule has 0 radical (unpaired) electrons. The Morgan fingerprint density at radius 1 is 1.42 bits per heavy atom. The van der Waals surface area contributed by atoms with Crippen molar-refractivity contribution in [1.82, 2.24) is 10.2 Å². The van der Waals surface area contributed by atoms with E-state index in [0.29, 0.717) is 11.8 Å². The average molecular weight is 215 g/mol. The molecular weight excluding hydrogens is 211 g/mol. The third-order valence-corrected chi connectivity index (χ3v) is 2.73. The van der Waals surface area contributed by atoms with Gasteiger partial charge in [0.2, 0.25) is 5.13 Å². The van der Waals surface area contributed by atoms with Crippen LogP contribution < -0.4 is 5.73 Å².